The van der Waals surface area contributed by atoms with Crippen LogP contribution in [0.5, 0.6) is 23.0 Å². The molecule has 0 unspecified atom stereocenters. The highest BCUT2D eigenvalue weighted by atomic mass is 16.5. The summed E-state index contributed by atoms with van der Waals surface area (Å²) >= 11 is 0. The van der Waals surface area contributed by atoms with Gasteiger partial charge in [0.25, 0.3) is 0 Å². The Labute approximate surface area is 161 Å². The van der Waals surface area contributed by atoms with Crippen molar-refractivity contribution in [2.45, 2.75) is 0 Å². The molecule has 0 aliphatic rings. The van der Waals surface area contributed by atoms with Crippen molar-refractivity contribution in [3.63, 3.8) is 0 Å². The standard InChI is InChI=1S/C23H18O5/c1-25-17-9-11-20-18(13-17)19(24)14-22(28-20)15-8-10-21(23(12-15)26-2)27-16-6-4-3-5-7-16/h3-14H,1-2H3. The molecule has 4 aromatic rings. The fourth-order valence-electron chi connectivity index (χ4n) is 2.93. The van der Waals surface area contributed by atoms with Crippen molar-refractivity contribution in [2.24, 2.45) is 0 Å². The van der Waals surface area contributed by atoms with Crippen LogP contribution in [0.15, 0.2) is 82.0 Å². The number of hydrogen-bond donors (Lipinski definition) is 0. The molecule has 0 bridgehead atoms. The van der Waals surface area contributed by atoms with E-state index < -0.39 is 0 Å². The van der Waals surface area contributed by atoms with Crippen molar-refractivity contribution in [3.8, 4) is 34.3 Å². The summed E-state index contributed by atoms with van der Waals surface area (Å²) in [4.78, 5) is 12.5. The van der Waals surface area contributed by atoms with Crippen LogP contribution in [0.2, 0.25) is 0 Å². The zero-order valence-corrected chi connectivity index (χ0v) is 15.5. The molecule has 3 aromatic carbocycles. The van der Waals surface area contributed by atoms with Gasteiger partial charge in [0.05, 0.1) is 19.6 Å². The van der Waals surface area contributed by atoms with Crippen molar-refractivity contribution >= 4 is 11.0 Å². The Morgan fingerprint density at radius 3 is 2.32 bits per heavy atom. The van der Waals surface area contributed by atoms with Crippen LogP contribution < -0.4 is 19.6 Å². The topological polar surface area (TPSA) is 57.9 Å². The highest BCUT2D eigenvalue weighted by Gasteiger charge is 2.12. The van der Waals surface area contributed by atoms with E-state index in [9.17, 15) is 4.79 Å². The number of para-hydroxylation sites is 1. The molecule has 0 saturated carbocycles. The molecule has 0 radical (unpaired) electrons. The molecule has 0 fully saturated rings. The lowest BCUT2D eigenvalue weighted by Gasteiger charge is -2.12. The molecule has 5 nitrogen and oxygen atoms in total. The van der Waals surface area contributed by atoms with Crippen LogP contribution in [-0.2, 0) is 0 Å². The van der Waals surface area contributed by atoms with Crippen molar-refractivity contribution in [1.82, 2.24) is 0 Å². The van der Waals surface area contributed by atoms with Crippen molar-refractivity contribution in [3.05, 3.63) is 83.0 Å². The minimum atomic E-state index is -0.140. The monoisotopic (exact) mass is 374 g/mol. The van der Waals surface area contributed by atoms with Crippen LogP contribution in [0.25, 0.3) is 22.3 Å². The maximum Gasteiger partial charge on any atom is 0.193 e. The van der Waals surface area contributed by atoms with Gasteiger partial charge in [0, 0.05) is 11.6 Å². The number of hydrogen-bond acceptors (Lipinski definition) is 5. The van der Waals surface area contributed by atoms with E-state index in [2.05, 4.69) is 0 Å². The lowest BCUT2D eigenvalue weighted by Crippen LogP contribution is -2.01. The zero-order chi connectivity index (χ0) is 19.5. The Morgan fingerprint density at radius 1 is 0.750 bits per heavy atom. The van der Waals surface area contributed by atoms with Gasteiger partial charge in [0.15, 0.2) is 16.9 Å². The minimum absolute atomic E-state index is 0.140. The minimum Gasteiger partial charge on any atom is -0.497 e. The third-order valence-corrected chi connectivity index (χ3v) is 4.35. The smallest absolute Gasteiger partial charge is 0.193 e. The quantitative estimate of drug-likeness (QED) is 0.476. The normalized spacial score (nSPS) is 10.6. The van der Waals surface area contributed by atoms with Gasteiger partial charge >= 0.3 is 0 Å². The van der Waals surface area contributed by atoms with Gasteiger partial charge in [-0.15, -0.1) is 0 Å². The van der Waals surface area contributed by atoms with E-state index in [1.54, 1.807) is 44.6 Å². The first-order valence-corrected chi connectivity index (χ1v) is 8.71. The molecule has 0 N–H and O–H groups in total. The number of benzene rings is 3. The van der Waals surface area contributed by atoms with Gasteiger partial charge in [0.2, 0.25) is 0 Å². The molecular weight excluding hydrogens is 356 g/mol. The maximum atomic E-state index is 12.5. The van der Waals surface area contributed by atoms with Crippen LogP contribution in [0.3, 0.4) is 0 Å². The molecule has 5 heteroatoms. The average molecular weight is 374 g/mol. The molecule has 0 saturated heterocycles. The van der Waals surface area contributed by atoms with E-state index in [-0.39, 0.29) is 5.43 Å². The van der Waals surface area contributed by atoms with Gasteiger partial charge in [-0.25, -0.2) is 0 Å². The molecule has 28 heavy (non-hydrogen) atoms. The van der Waals surface area contributed by atoms with Crippen molar-refractivity contribution in [1.29, 1.82) is 0 Å². The average Bonchev–Trinajstić information content (AvgIpc) is 2.74. The van der Waals surface area contributed by atoms with Crippen LogP contribution >= 0.6 is 0 Å². The number of rotatable bonds is 5. The molecule has 0 atom stereocenters. The van der Waals surface area contributed by atoms with E-state index in [4.69, 9.17) is 18.6 Å². The number of ether oxygens (including phenoxy) is 3. The Hall–Kier alpha value is -3.73. The van der Waals surface area contributed by atoms with Gasteiger partial charge in [0.1, 0.15) is 22.8 Å². The summed E-state index contributed by atoms with van der Waals surface area (Å²) in [5.74, 6) is 2.88. The molecular formula is C23H18O5. The predicted octanol–water partition coefficient (Wildman–Crippen LogP) is 5.27. The van der Waals surface area contributed by atoms with Crippen molar-refractivity contribution in [2.75, 3.05) is 14.2 Å². The van der Waals surface area contributed by atoms with Crippen molar-refractivity contribution < 1.29 is 18.6 Å². The van der Waals surface area contributed by atoms with E-state index in [1.807, 2.05) is 36.4 Å². The summed E-state index contributed by atoms with van der Waals surface area (Å²) in [5.41, 5.74) is 1.07. The summed E-state index contributed by atoms with van der Waals surface area (Å²) in [6, 6.07) is 21.5. The highest BCUT2D eigenvalue weighted by Crippen LogP contribution is 2.35. The first-order chi connectivity index (χ1) is 13.7. The second-order valence-corrected chi connectivity index (χ2v) is 6.12. The third-order valence-electron chi connectivity index (χ3n) is 4.35. The molecule has 4 rings (SSSR count). The van der Waals surface area contributed by atoms with Crippen LogP contribution in [0.1, 0.15) is 0 Å². The lowest BCUT2D eigenvalue weighted by molar-refractivity contribution is 0.379. The second-order valence-electron chi connectivity index (χ2n) is 6.12. The molecule has 1 heterocycles. The third kappa shape index (κ3) is 3.42. The number of methoxy groups -OCH3 is 2. The van der Waals surface area contributed by atoms with Gasteiger partial charge in [-0.1, -0.05) is 18.2 Å². The summed E-state index contributed by atoms with van der Waals surface area (Å²) in [6.07, 6.45) is 0. The summed E-state index contributed by atoms with van der Waals surface area (Å²) in [6.45, 7) is 0. The number of fused-ring (bicyclic) bond motifs is 1. The van der Waals surface area contributed by atoms with Crippen LogP contribution in [0, 0.1) is 0 Å². The van der Waals surface area contributed by atoms with E-state index in [0.717, 1.165) is 0 Å². The molecule has 140 valence electrons. The Kier molecular flexibility index (Phi) is 4.72. The van der Waals surface area contributed by atoms with Gasteiger partial charge in [-0.3, -0.25) is 4.79 Å². The van der Waals surface area contributed by atoms with E-state index in [0.29, 0.717) is 45.3 Å². The summed E-state index contributed by atoms with van der Waals surface area (Å²) in [7, 11) is 3.13. The van der Waals surface area contributed by atoms with E-state index in [1.165, 1.54) is 6.07 Å². The predicted molar refractivity (Wildman–Crippen MR) is 108 cm³/mol. The van der Waals surface area contributed by atoms with Gasteiger partial charge in [-0.05, 0) is 48.5 Å². The molecule has 0 aliphatic carbocycles. The molecule has 0 aliphatic heterocycles. The van der Waals surface area contributed by atoms with Gasteiger partial charge in [-0.2, -0.15) is 0 Å². The van der Waals surface area contributed by atoms with E-state index >= 15 is 0 Å². The first kappa shape index (κ1) is 17.7. The zero-order valence-electron chi connectivity index (χ0n) is 15.5. The lowest BCUT2D eigenvalue weighted by atomic mass is 10.1. The van der Waals surface area contributed by atoms with Gasteiger partial charge < -0.3 is 18.6 Å². The molecule has 1 aromatic heterocycles. The largest absolute Gasteiger partial charge is 0.497 e. The fourth-order valence-corrected chi connectivity index (χ4v) is 2.93. The SMILES string of the molecule is COc1ccc2oc(-c3ccc(Oc4ccccc4)c(OC)c3)cc(=O)c2c1. The Morgan fingerprint density at radius 2 is 1.57 bits per heavy atom. The summed E-state index contributed by atoms with van der Waals surface area (Å²) in [5, 5.41) is 0.471. The highest BCUT2D eigenvalue weighted by molar-refractivity contribution is 5.80. The second kappa shape index (κ2) is 7.48. The molecule has 0 amide bonds. The van der Waals surface area contributed by atoms with Crippen LogP contribution in [-0.4, -0.2) is 14.2 Å². The van der Waals surface area contributed by atoms with Crippen LogP contribution in [0.4, 0.5) is 0 Å². The Bertz CT molecular complexity index is 1180. The molecule has 0 spiro atoms. The summed E-state index contributed by atoms with van der Waals surface area (Å²) < 4.78 is 22.5. The maximum absolute atomic E-state index is 12.5. The fraction of sp³-hybridized carbons (Fsp3) is 0.0870. The Balaban J connectivity index is 1.74. The first-order valence-electron chi connectivity index (χ1n) is 8.71.